The third-order valence-electron chi connectivity index (χ3n) is 8.46. The minimum absolute atomic E-state index is 0.0187. The molecule has 0 radical (unpaired) electrons. The Labute approximate surface area is 286 Å². The highest BCUT2D eigenvalue weighted by atomic mass is 16.6. The zero-order valence-electron chi connectivity index (χ0n) is 28.1. The van der Waals surface area contributed by atoms with Crippen LogP contribution in [0.25, 0.3) is 5.69 Å². The first-order chi connectivity index (χ1) is 23.5. The fraction of sp³-hybridized carbons (Fsp3) is 0.225. The minimum atomic E-state index is -0.659. The van der Waals surface area contributed by atoms with E-state index in [4.69, 9.17) is 4.74 Å². The number of hydrogen-bond donors (Lipinski definition) is 2. The highest BCUT2D eigenvalue weighted by molar-refractivity contribution is 6.11. The van der Waals surface area contributed by atoms with Crippen LogP contribution in [0.2, 0.25) is 0 Å². The van der Waals surface area contributed by atoms with E-state index in [0.717, 1.165) is 11.1 Å². The van der Waals surface area contributed by atoms with Crippen LogP contribution in [-0.4, -0.2) is 50.7 Å². The molecule has 2 N–H and O–H groups in total. The van der Waals surface area contributed by atoms with Gasteiger partial charge < -0.3 is 24.6 Å². The molecule has 9 nitrogen and oxygen atoms in total. The number of aromatic hydroxyl groups is 1. The molecular formula is C40H40N4O5. The van der Waals surface area contributed by atoms with Crippen LogP contribution in [0.5, 0.6) is 5.75 Å². The Hall–Kier alpha value is -5.83. The first-order valence-corrected chi connectivity index (χ1v) is 16.3. The van der Waals surface area contributed by atoms with Crippen LogP contribution < -0.4 is 10.2 Å². The Bertz CT molecular complexity index is 1940. The number of carbonyl (C=O) groups excluding carboxylic acids is 3. The number of benzene rings is 4. The number of alkyl carbamates (subject to hydrolysis) is 1. The zero-order chi connectivity index (χ0) is 34.7. The molecule has 0 spiro atoms. The van der Waals surface area contributed by atoms with Crippen molar-refractivity contribution >= 4 is 29.3 Å². The number of phenols is 1. The summed E-state index contributed by atoms with van der Waals surface area (Å²) in [6, 6.07) is 32.9. The summed E-state index contributed by atoms with van der Waals surface area (Å²) in [7, 11) is 0. The Balaban J connectivity index is 1.35. The summed E-state index contributed by atoms with van der Waals surface area (Å²) in [4.78, 5) is 44.7. The van der Waals surface area contributed by atoms with E-state index in [1.165, 1.54) is 12.1 Å². The lowest BCUT2D eigenvalue weighted by Gasteiger charge is -2.37. The molecule has 0 aliphatic carbocycles. The van der Waals surface area contributed by atoms with Gasteiger partial charge in [-0.2, -0.15) is 0 Å². The van der Waals surface area contributed by atoms with Crippen molar-refractivity contribution in [3.05, 3.63) is 143 Å². The molecule has 1 atom stereocenters. The van der Waals surface area contributed by atoms with Crippen LogP contribution in [0.15, 0.2) is 115 Å². The number of aryl methyl sites for hydroxylation is 1. The molecule has 2 heterocycles. The van der Waals surface area contributed by atoms with Gasteiger partial charge in [-0.1, -0.05) is 60.7 Å². The standard InChI is InChI=1S/C40H40N4O5/c1-27-21-30(37(46)44(31-15-7-5-8-16-31)32-17-9-6-10-18-32)26-42(27)36-23-34(45)19-20-35(36)38(47)43-25-29-14-12-11-13-28(29)22-33(43)24-41-39(48)49-40(2,3)4/h5-21,23,26,33,45H,22,24-25H2,1-4H3,(H,41,48)/t33-/m0/s1. The number of ether oxygens (including phenoxy) is 1. The number of para-hydroxylation sites is 2. The molecule has 3 amide bonds. The summed E-state index contributed by atoms with van der Waals surface area (Å²) in [5, 5.41) is 13.5. The van der Waals surface area contributed by atoms with E-state index in [2.05, 4.69) is 5.32 Å². The van der Waals surface area contributed by atoms with Crippen LogP contribution in [0.4, 0.5) is 16.2 Å². The van der Waals surface area contributed by atoms with Gasteiger partial charge in [0.15, 0.2) is 0 Å². The summed E-state index contributed by atoms with van der Waals surface area (Å²) < 4.78 is 7.23. The second kappa shape index (κ2) is 13.7. The summed E-state index contributed by atoms with van der Waals surface area (Å²) >= 11 is 0. The van der Waals surface area contributed by atoms with Gasteiger partial charge in [0.2, 0.25) is 0 Å². The van der Waals surface area contributed by atoms with Crippen molar-refractivity contribution in [2.75, 3.05) is 11.4 Å². The maximum atomic E-state index is 14.5. The average molecular weight is 657 g/mol. The molecule has 1 aromatic heterocycles. The van der Waals surface area contributed by atoms with E-state index >= 15 is 0 Å². The number of anilines is 2. The number of amides is 3. The number of nitrogens with one attached hydrogen (secondary N) is 1. The lowest BCUT2D eigenvalue weighted by molar-refractivity contribution is 0.0474. The van der Waals surface area contributed by atoms with Gasteiger partial charge in [-0.15, -0.1) is 0 Å². The van der Waals surface area contributed by atoms with Gasteiger partial charge in [0.1, 0.15) is 11.4 Å². The maximum Gasteiger partial charge on any atom is 0.407 e. The molecule has 0 bridgehead atoms. The molecule has 0 saturated carbocycles. The van der Waals surface area contributed by atoms with E-state index in [1.807, 2.05) is 91.9 Å². The van der Waals surface area contributed by atoms with Gasteiger partial charge in [0, 0.05) is 42.4 Å². The summed E-state index contributed by atoms with van der Waals surface area (Å²) in [6.07, 6.45) is 1.69. The summed E-state index contributed by atoms with van der Waals surface area (Å²) in [5.74, 6) is -0.528. The number of nitrogens with zero attached hydrogens (tertiary/aromatic N) is 3. The summed E-state index contributed by atoms with van der Waals surface area (Å²) in [6.45, 7) is 7.79. The monoisotopic (exact) mass is 656 g/mol. The SMILES string of the molecule is Cc1cc(C(=O)N(c2ccccc2)c2ccccc2)cn1-c1cc(O)ccc1C(=O)N1Cc2ccccc2C[C@H]1CNC(=O)OC(C)(C)C. The molecule has 9 heteroatoms. The number of phenolic OH excluding ortho intramolecular Hbond substituents is 1. The molecule has 49 heavy (non-hydrogen) atoms. The van der Waals surface area contributed by atoms with Crippen molar-refractivity contribution < 1.29 is 24.2 Å². The van der Waals surface area contributed by atoms with Crippen molar-refractivity contribution in [1.29, 1.82) is 0 Å². The molecule has 250 valence electrons. The van der Waals surface area contributed by atoms with Crippen molar-refractivity contribution in [1.82, 2.24) is 14.8 Å². The van der Waals surface area contributed by atoms with Gasteiger partial charge in [-0.3, -0.25) is 14.5 Å². The molecule has 1 aliphatic rings. The quantitative estimate of drug-likeness (QED) is 0.188. The van der Waals surface area contributed by atoms with Crippen molar-refractivity contribution in [2.24, 2.45) is 0 Å². The van der Waals surface area contributed by atoms with Crippen LogP contribution in [0, 0.1) is 6.92 Å². The second-order valence-electron chi connectivity index (χ2n) is 13.2. The smallest absolute Gasteiger partial charge is 0.407 e. The summed E-state index contributed by atoms with van der Waals surface area (Å²) in [5.41, 5.74) is 4.81. The predicted octanol–water partition coefficient (Wildman–Crippen LogP) is 7.56. The van der Waals surface area contributed by atoms with Gasteiger partial charge in [0.05, 0.1) is 22.9 Å². The van der Waals surface area contributed by atoms with E-state index in [-0.39, 0.29) is 30.2 Å². The van der Waals surface area contributed by atoms with Gasteiger partial charge in [0.25, 0.3) is 11.8 Å². The Morgan fingerprint density at radius 1 is 0.857 bits per heavy atom. The molecule has 1 aliphatic heterocycles. The number of rotatable bonds is 7. The average Bonchev–Trinajstić information content (AvgIpc) is 3.48. The Morgan fingerprint density at radius 2 is 1.47 bits per heavy atom. The predicted molar refractivity (Wildman–Crippen MR) is 190 cm³/mol. The molecule has 5 aromatic rings. The molecule has 0 saturated heterocycles. The van der Waals surface area contributed by atoms with Crippen LogP contribution >= 0.6 is 0 Å². The largest absolute Gasteiger partial charge is 0.508 e. The van der Waals surface area contributed by atoms with Crippen molar-refractivity contribution in [2.45, 2.75) is 52.3 Å². The van der Waals surface area contributed by atoms with Crippen molar-refractivity contribution in [3.63, 3.8) is 0 Å². The van der Waals surface area contributed by atoms with Crippen molar-refractivity contribution in [3.8, 4) is 11.4 Å². The fourth-order valence-corrected chi connectivity index (χ4v) is 6.19. The van der Waals surface area contributed by atoms with Gasteiger partial charge in [-0.25, -0.2) is 4.79 Å². The minimum Gasteiger partial charge on any atom is -0.508 e. The maximum absolute atomic E-state index is 14.5. The topological polar surface area (TPSA) is 104 Å². The Kier molecular flexibility index (Phi) is 9.27. The van der Waals surface area contributed by atoms with Crippen LogP contribution in [0.1, 0.15) is 58.3 Å². The first-order valence-electron chi connectivity index (χ1n) is 16.3. The van der Waals surface area contributed by atoms with Crippen LogP contribution in [0.3, 0.4) is 0 Å². The molecule has 6 rings (SSSR count). The molecule has 4 aromatic carbocycles. The normalized spacial score (nSPS) is 14.1. The number of aromatic nitrogens is 1. The second-order valence-corrected chi connectivity index (χ2v) is 13.2. The lowest BCUT2D eigenvalue weighted by Crippen LogP contribution is -2.50. The van der Waals surface area contributed by atoms with Gasteiger partial charge in [-0.05, 0) is 87.7 Å². The molecular weight excluding hydrogens is 616 g/mol. The van der Waals surface area contributed by atoms with E-state index < -0.39 is 11.7 Å². The lowest BCUT2D eigenvalue weighted by atomic mass is 9.93. The number of fused-ring (bicyclic) bond motifs is 1. The fourth-order valence-electron chi connectivity index (χ4n) is 6.19. The highest BCUT2D eigenvalue weighted by Gasteiger charge is 2.33. The van der Waals surface area contributed by atoms with Gasteiger partial charge >= 0.3 is 6.09 Å². The van der Waals surface area contributed by atoms with E-state index in [0.29, 0.717) is 46.8 Å². The van der Waals surface area contributed by atoms with Crippen LogP contribution in [-0.2, 0) is 17.7 Å². The van der Waals surface area contributed by atoms with E-state index in [1.54, 1.807) is 53.5 Å². The third-order valence-corrected chi connectivity index (χ3v) is 8.46. The first kappa shape index (κ1) is 33.1. The zero-order valence-corrected chi connectivity index (χ0v) is 28.1. The Morgan fingerprint density at radius 3 is 2.10 bits per heavy atom. The highest BCUT2D eigenvalue weighted by Crippen LogP contribution is 2.32. The third kappa shape index (κ3) is 7.36. The number of hydrogen-bond acceptors (Lipinski definition) is 5. The van der Waals surface area contributed by atoms with E-state index in [9.17, 15) is 19.5 Å². The number of carbonyl (C=O) groups is 3. The molecule has 0 fully saturated rings. The molecule has 0 unspecified atom stereocenters.